The van der Waals surface area contributed by atoms with Crippen molar-refractivity contribution in [3.05, 3.63) is 70.7 Å². The van der Waals surface area contributed by atoms with E-state index in [1.54, 1.807) is 14.2 Å². The van der Waals surface area contributed by atoms with Gasteiger partial charge in [-0.1, -0.05) is 48.9 Å². The van der Waals surface area contributed by atoms with Gasteiger partial charge in [0, 0.05) is 46.0 Å². The van der Waals surface area contributed by atoms with Gasteiger partial charge in [-0.2, -0.15) is 0 Å². The second kappa shape index (κ2) is 13.7. The van der Waals surface area contributed by atoms with E-state index in [9.17, 15) is 0 Å². The van der Waals surface area contributed by atoms with E-state index >= 15 is 0 Å². The zero-order chi connectivity index (χ0) is 30.5. The predicted molar refractivity (Wildman–Crippen MR) is 182 cm³/mol. The summed E-state index contributed by atoms with van der Waals surface area (Å²) in [5.41, 5.74) is 6.86. The van der Waals surface area contributed by atoms with Crippen molar-refractivity contribution in [3.63, 3.8) is 0 Å². The van der Waals surface area contributed by atoms with Crippen LogP contribution in [0.15, 0.2) is 60.7 Å². The molecular weight excluding hydrogens is 595 g/mol. The first-order valence-corrected chi connectivity index (χ1v) is 15.7. The highest BCUT2D eigenvalue weighted by Gasteiger charge is 2.13. The molecule has 6 rings (SSSR count). The SMILES string of the molecule is COc1ccc2nc3cc(Cl)ccc3c(NCCCCCCCCNc3c4ccc(Cl)cc4nc4ccc(OC)nc34)c2n1. The number of nitrogens with one attached hydrogen (secondary N) is 2. The molecule has 0 fully saturated rings. The van der Waals surface area contributed by atoms with Gasteiger partial charge in [0.15, 0.2) is 0 Å². The number of aromatic nitrogens is 4. The summed E-state index contributed by atoms with van der Waals surface area (Å²) in [6.07, 6.45) is 6.78. The minimum atomic E-state index is 0.566. The lowest BCUT2D eigenvalue weighted by atomic mass is 10.1. The predicted octanol–water partition coefficient (Wildman–Crippen LogP) is 9.07. The van der Waals surface area contributed by atoms with Crippen molar-refractivity contribution in [2.75, 3.05) is 37.9 Å². The molecule has 0 amide bonds. The Kier molecular flexibility index (Phi) is 9.28. The second-order valence-corrected chi connectivity index (χ2v) is 11.6. The van der Waals surface area contributed by atoms with Crippen molar-refractivity contribution in [3.8, 4) is 11.8 Å². The highest BCUT2D eigenvalue weighted by Crippen LogP contribution is 2.34. The maximum absolute atomic E-state index is 6.26. The lowest BCUT2D eigenvalue weighted by Gasteiger charge is -2.14. The number of hydrogen-bond donors (Lipinski definition) is 2. The summed E-state index contributed by atoms with van der Waals surface area (Å²) in [5, 5.41) is 10.6. The molecule has 2 aromatic carbocycles. The summed E-state index contributed by atoms with van der Waals surface area (Å²) in [4.78, 5) is 18.9. The molecule has 0 atom stereocenters. The van der Waals surface area contributed by atoms with E-state index in [0.29, 0.717) is 21.8 Å². The molecule has 6 aromatic rings. The lowest BCUT2D eigenvalue weighted by Crippen LogP contribution is -2.05. The van der Waals surface area contributed by atoms with E-state index in [1.807, 2.05) is 60.7 Å². The Bertz CT molecular complexity index is 1810. The van der Waals surface area contributed by atoms with E-state index in [2.05, 4.69) is 20.6 Å². The topological polar surface area (TPSA) is 94.1 Å². The number of ether oxygens (including phenoxy) is 2. The summed E-state index contributed by atoms with van der Waals surface area (Å²) < 4.78 is 10.7. The quantitative estimate of drug-likeness (QED) is 0.0966. The normalized spacial score (nSPS) is 11.5. The molecule has 0 aliphatic heterocycles. The van der Waals surface area contributed by atoms with Gasteiger partial charge in [0.05, 0.1) is 47.7 Å². The van der Waals surface area contributed by atoms with Gasteiger partial charge in [0.25, 0.3) is 0 Å². The van der Waals surface area contributed by atoms with E-state index in [4.69, 9.17) is 42.6 Å². The minimum absolute atomic E-state index is 0.566. The molecule has 8 nitrogen and oxygen atoms in total. The number of anilines is 2. The van der Waals surface area contributed by atoms with Crippen LogP contribution in [0.1, 0.15) is 38.5 Å². The largest absolute Gasteiger partial charge is 0.481 e. The maximum atomic E-state index is 6.26. The lowest BCUT2D eigenvalue weighted by molar-refractivity contribution is 0.399. The molecule has 44 heavy (non-hydrogen) atoms. The number of fused-ring (bicyclic) bond motifs is 4. The zero-order valence-corrected chi connectivity index (χ0v) is 26.3. The summed E-state index contributed by atoms with van der Waals surface area (Å²) >= 11 is 12.5. The molecule has 10 heteroatoms. The average Bonchev–Trinajstić information content (AvgIpc) is 3.04. The Labute approximate surface area is 266 Å². The molecule has 226 valence electrons. The first kappa shape index (κ1) is 29.9. The molecule has 4 aromatic heterocycles. The summed E-state index contributed by atoms with van der Waals surface area (Å²) in [6.45, 7) is 1.69. The Morgan fingerprint density at radius 2 is 0.955 bits per heavy atom. The molecule has 0 radical (unpaired) electrons. The van der Waals surface area contributed by atoms with Crippen LogP contribution in [0.2, 0.25) is 10.0 Å². The number of pyridine rings is 4. The van der Waals surface area contributed by atoms with Crippen molar-refractivity contribution in [1.29, 1.82) is 0 Å². The molecular formula is C34H34Cl2N6O2. The Hall–Kier alpha value is -4.14. The highest BCUT2D eigenvalue weighted by molar-refractivity contribution is 6.32. The van der Waals surface area contributed by atoms with Crippen LogP contribution in [-0.2, 0) is 0 Å². The fourth-order valence-corrected chi connectivity index (χ4v) is 5.85. The van der Waals surface area contributed by atoms with Gasteiger partial charge in [0.2, 0.25) is 11.8 Å². The average molecular weight is 630 g/mol. The number of unbranched alkanes of at least 4 members (excludes halogenated alkanes) is 5. The third-order valence-electron chi connectivity index (χ3n) is 7.74. The van der Waals surface area contributed by atoms with E-state index < -0.39 is 0 Å². The number of benzene rings is 2. The molecule has 2 N–H and O–H groups in total. The summed E-state index contributed by atoms with van der Waals surface area (Å²) in [5.74, 6) is 1.13. The van der Waals surface area contributed by atoms with Crippen LogP contribution in [-0.4, -0.2) is 47.2 Å². The van der Waals surface area contributed by atoms with Gasteiger partial charge >= 0.3 is 0 Å². The number of rotatable bonds is 13. The van der Waals surface area contributed by atoms with E-state index in [0.717, 1.165) is 94.0 Å². The van der Waals surface area contributed by atoms with Crippen molar-refractivity contribution < 1.29 is 9.47 Å². The van der Waals surface area contributed by atoms with Gasteiger partial charge in [-0.25, -0.2) is 19.9 Å². The molecule has 0 spiro atoms. The molecule has 0 saturated carbocycles. The zero-order valence-electron chi connectivity index (χ0n) is 24.8. The number of hydrogen-bond acceptors (Lipinski definition) is 8. The highest BCUT2D eigenvalue weighted by atomic mass is 35.5. The summed E-state index contributed by atoms with van der Waals surface area (Å²) in [6, 6.07) is 19.1. The van der Waals surface area contributed by atoms with Crippen LogP contribution in [0.4, 0.5) is 11.4 Å². The Balaban J connectivity index is 1.01. The van der Waals surface area contributed by atoms with Crippen LogP contribution in [0.25, 0.3) is 43.9 Å². The smallest absolute Gasteiger partial charge is 0.213 e. The standard InChI is InChI=1S/C34H34Cl2N6O2/c1-43-29-15-13-25-33(41-29)31(23-11-9-21(35)19-27(23)39-25)37-17-7-5-3-4-6-8-18-38-32-24-12-10-22(36)20-28(24)40-26-14-16-30(44-2)42-34(26)32/h9-16,19-20H,3-8,17-18H2,1-2H3,(H,37,39)(H,38,40). The van der Waals surface area contributed by atoms with Crippen molar-refractivity contribution in [2.45, 2.75) is 38.5 Å². The third-order valence-corrected chi connectivity index (χ3v) is 8.21. The molecule has 0 unspecified atom stereocenters. The van der Waals surface area contributed by atoms with Crippen LogP contribution >= 0.6 is 23.2 Å². The fraction of sp³-hybridized carbons (Fsp3) is 0.294. The first-order valence-electron chi connectivity index (χ1n) is 14.9. The summed E-state index contributed by atoms with van der Waals surface area (Å²) in [7, 11) is 3.25. The number of halogens is 2. The molecule has 0 bridgehead atoms. The van der Waals surface area contributed by atoms with Crippen molar-refractivity contribution >= 4 is 78.4 Å². The van der Waals surface area contributed by atoms with E-state index in [-0.39, 0.29) is 0 Å². The Morgan fingerprint density at radius 3 is 1.39 bits per heavy atom. The first-order chi connectivity index (χ1) is 21.5. The van der Waals surface area contributed by atoms with Gasteiger partial charge in [0.1, 0.15) is 11.0 Å². The number of methoxy groups -OCH3 is 2. The van der Waals surface area contributed by atoms with Gasteiger partial charge in [-0.3, -0.25) is 0 Å². The monoisotopic (exact) mass is 628 g/mol. The van der Waals surface area contributed by atoms with Crippen LogP contribution in [0, 0.1) is 0 Å². The van der Waals surface area contributed by atoms with Crippen LogP contribution in [0.3, 0.4) is 0 Å². The molecule has 0 aliphatic rings. The Morgan fingerprint density at radius 1 is 0.523 bits per heavy atom. The number of nitrogens with zero attached hydrogens (tertiary/aromatic N) is 4. The van der Waals surface area contributed by atoms with Crippen molar-refractivity contribution in [1.82, 2.24) is 19.9 Å². The van der Waals surface area contributed by atoms with Gasteiger partial charge < -0.3 is 20.1 Å². The fourth-order valence-electron chi connectivity index (χ4n) is 5.52. The van der Waals surface area contributed by atoms with Crippen molar-refractivity contribution in [2.24, 2.45) is 0 Å². The minimum Gasteiger partial charge on any atom is -0.481 e. The van der Waals surface area contributed by atoms with Crippen LogP contribution < -0.4 is 20.1 Å². The van der Waals surface area contributed by atoms with Gasteiger partial charge in [-0.05, 0) is 61.4 Å². The third kappa shape index (κ3) is 6.51. The second-order valence-electron chi connectivity index (χ2n) is 10.7. The van der Waals surface area contributed by atoms with Crippen LogP contribution in [0.5, 0.6) is 11.8 Å². The van der Waals surface area contributed by atoms with Gasteiger partial charge in [-0.15, -0.1) is 0 Å². The maximum Gasteiger partial charge on any atom is 0.213 e. The van der Waals surface area contributed by atoms with E-state index in [1.165, 1.54) is 12.8 Å². The molecule has 0 saturated heterocycles. The molecule has 0 aliphatic carbocycles. The molecule has 4 heterocycles.